The number of pyridine rings is 1. The summed E-state index contributed by atoms with van der Waals surface area (Å²) in [6, 6.07) is 73.5. The molecule has 0 saturated heterocycles. The van der Waals surface area contributed by atoms with Gasteiger partial charge >= 0.3 is 0 Å². The Morgan fingerprint density at radius 2 is 1.11 bits per heavy atom. The fraction of sp³-hybridized carbons (Fsp3) is 0.125. The Kier molecular flexibility index (Phi) is 11.6. The van der Waals surface area contributed by atoms with E-state index in [-0.39, 0.29) is 31.9 Å². The van der Waals surface area contributed by atoms with E-state index in [1.54, 1.807) is 0 Å². The molecule has 0 aliphatic carbocycles. The number of anilines is 4. The van der Waals surface area contributed by atoms with Gasteiger partial charge in [-0.15, -0.1) is 48.3 Å². The Labute approximate surface area is 430 Å². The molecule has 352 valence electrons. The fourth-order valence-corrected chi connectivity index (χ4v) is 9.78. The normalized spacial score (nSPS) is 12.7. The maximum atomic E-state index is 6.95. The van der Waals surface area contributed by atoms with Crippen molar-refractivity contribution in [3.63, 3.8) is 0 Å². The van der Waals surface area contributed by atoms with E-state index in [0.29, 0.717) is 11.5 Å². The largest absolute Gasteiger partial charge is 0.509 e. The second-order valence-electron chi connectivity index (χ2n) is 20.2. The molecule has 0 N–H and O–H groups in total. The maximum Gasteiger partial charge on any atom is 0.136 e. The van der Waals surface area contributed by atoms with Gasteiger partial charge in [0.1, 0.15) is 17.0 Å². The molecule has 0 amide bonds. The molecule has 0 fully saturated rings. The van der Waals surface area contributed by atoms with Crippen LogP contribution in [-0.2, 0) is 31.9 Å². The van der Waals surface area contributed by atoms with Gasteiger partial charge in [0.05, 0.1) is 5.52 Å². The van der Waals surface area contributed by atoms with Crippen LogP contribution in [0.5, 0.6) is 11.5 Å². The SMILES string of the molecule is CC(C)(C)c1ccnc(-n2c3[c-]c(Oc4[c-]c(N5[CH-]N(c6c(-c7ccccc7)cc(C(C)(C)C)cc6-c6ccccc6)c6ccccc65)cc(-c5ccccc5)c4)ccc3c3oc4ccccc4c32)c1.[Pt]. The van der Waals surface area contributed by atoms with Crippen molar-refractivity contribution < 1.29 is 30.2 Å². The van der Waals surface area contributed by atoms with Gasteiger partial charge < -0.3 is 23.5 Å². The van der Waals surface area contributed by atoms with Crippen molar-refractivity contribution in [1.82, 2.24) is 9.55 Å². The quantitative estimate of drug-likeness (QED) is 0.142. The molecule has 4 heterocycles. The number of nitrogens with zero attached hydrogens (tertiary/aromatic N) is 4. The third-order valence-corrected chi connectivity index (χ3v) is 13.4. The Bertz CT molecular complexity index is 3690. The molecule has 8 aromatic carbocycles. The van der Waals surface area contributed by atoms with Crippen LogP contribution in [0.4, 0.5) is 22.7 Å². The van der Waals surface area contributed by atoms with E-state index in [0.717, 1.165) is 94.9 Å². The molecule has 1 aliphatic rings. The number of hydrogen-bond acceptors (Lipinski definition) is 5. The molecule has 0 spiro atoms. The number of aromatic nitrogens is 2. The molecule has 0 saturated carbocycles. The number of ether oxygens (including phenoxy) is 1. The van der Waals surface area contributed by atoms with Gasteiger partial charge in [-0.2, -0.15) is 6.07 Å². The summed E-state index contributed by atoms with van der Waals surface area (Å²) >= 11 is 0. The molecule has 6 nitrogen and oxygen atoms in total. The molecule has 71 heavy (non-hydrogen) atoms. The van der Waals surface area contributed by atoms with Crippen LogP contribution in [-0.4, -0.2) is 9.55 Å². The van der Waals surface area contributed by atoms with Crippen LogP contribution >= 0.6 is 0 Å². The molecular weight excluding hydrogens is 1050 g/mol. The predicted octanol–water partition coefficient (Wildman–Crippen LogP) is 17.3. The molecule has 0 atom stereocenters. The predicted molar refractivity (Wildman–Crippen MR) is 288 cm³/mol. The minimum Gasteiger partial charge on any atom is -0.509 e. The van der Waals surface area contributed by atoms with Crippen LogP contribution in [0.1, 0.15) is 52.7 Å². The minimum absolute atomic E-state index is 0. The standard InChI is InChI=1S/C64H51N4O2.Pt/c1-63(2,3)46-32-33-65-59(38-46)68-57-40-49(30-31-51(57)62-61(68)52-26-16-19-29-58(52)70-62)69-50-35-45(42-20-10-7-11-21-42)34-48(39-50)66-41-67(56-28-18-17-27-55(56)66)60-53(43-22-12-8-13-23-43)36-47(64(4,5)6)37-54(60)44-24-14-9-15-25-44;/h7-38,41H,1-6H3;/q-3;. The van der Waals surface area contributed by atoms with Crippen molar-refractivity contribution in [1.29, 1.82) is 0 Å². The number of furan rings is 1. The zero-order valence-corrected chi connectivity index (χ0v) is 42.7. The van der Waals surface area contributed by atoms with Crippen LogP contribution in [0.2, 0.25) is 0 Å². The van der Waals surface area contributed by atoms with Crippen molar-refractivity contribution in [2.75, 3.05) is 9.80 Å². The zero-order valence-electron chi connectivity index (χ0n) is 40.5. The van der Waals surface area contributed by atoms with Crippen molar-refractivity contribution in [3.05, 3.63) is 224 Å². The van der Waals surface area contributed by atoms with Crippen LogP contribution < -0.4 is 14.5 Å². The third kappa shape index (κ3) is 8.30. The number of benzene rings is 8. The first-order valence-electron chi connectivity index (χ1n) is 23.9. The summed E-state index contributed by atoms with van der Waals surface area (Å²) in [5.41, 5.74) is 16.3. The summed E-state index contributed by atoms with van der Waals surface area (Å²) in [6.07, 6.45) is 1.89. The molecule has 3 aromatic heterocycles. The van der Waals surface area contributed by atoms with Crippen molar-refractivity contribution in [2.24, 2.45) is 0 Å². The number of para-hydroxylation sites is 3. The van der Waals surface area contributed by atoms with E-state index < -0.39 is 0 Å². The molecule has 0 unspecified atom stereocenters. The first-order valence-corrected chi connectivity index (χ1v) is 23.9. The van der Waals surface area contributed by atoms with E-state index in [1.165, 1.54) is 11.1 Å². The number of hydrogen-bond donors (Lipinski definition) is 0. The van der Waals surface area contributed by atoms with Gasteiger partial charge in [-0.05, 0) is 87.2 Å². The monoisotopic (exact) mass is 1100 g/mol. The summed E-state index contributed by atoms with van der Waals surface area (Å²) in [5, 5.41) is 1.93. The Morgan fingerprint density at radius 3 is 1.76 bits per heavy atom. The van der Waals surface area contributed by atoms with Crippen molar-refractivity contribution in [2.45, 2.75) is 52.4 Å². The molecule has 11 aromatic rings. The van der Waals surface area contributed by atoms with Gasteiger partial charge in [-0.1, -0.05) is 168 Å². The summed E-state index contributed by atoms with van der Waals surface area (Å²) < 4.78 is 15.7. The Balaban J connectivity index is 0.00000547. The summed E-state index contributed by atoms with van der Waals surface area (Å²) in [7, 11) is 0. The van der Waals surface area contributed by atoms with Gasteiger partial charge in [-0.25, -0.2) is 4.98 Å². The molecule has 1 aliphatic heterocycles. The average molecular weight is 1100 g/mol. The first kappa shape index (κ1) is 45.8. The van der Waals surface area contributed by atoms with E-state index in [1.807, 2.05) is 36.5 Å². The smallest absolute Gasteiger partial charge is 0.136 e. The summed E-state index contributed by atoms with van der Waals surface area (Å²) in [4.78, 5) is 9.54. The van der Waals surface area contributed by atoms with E-state index in [2.05, 4.69) is 232 Å². The van der Waals surface area contributed by atoms with Gasteiger partial charge in [0.2, 0.25) is 0 Å². The molecule has 0 radical (unpaired) electrons. The third-order valence-electron chi connectivity index (χ3n) is 13.4. The summed E-state index contributed by atoms with van der Waals surface area (Å²) in [6.45, 7) is 15.7. The van der Waals surface area contributed by atoms with E-state index >= 15 is 0 Å². The van der Waals surface area contributed by atoms with Gasteiger partial charge in [0.15, 0.2) is 0 Å². The minimum atomic E-state index is -0.0912. The topological polar surface area (TPSA) is 46.7 Å². The Morgan fingerprint density at radius 1 is 0.521 bits per heavy atom. The van der Waals surface area contributed by atoms with Crippen LogP contribution in [0, 0.1) is 18.8 Å². The average Bonchev–Trinajstić information content (AvgIpc) is 4.05. The van der Waals surface area contributed by atoms with Crippen LogP contribution in [0.3, 0.4) is 0 Å². The molecule has 12 rings (SSSR count). The molecular formula is C64H51N4O2Pt-3. The zero-order chi connectivity index (χ0) is 47.7. The molecule has 7 heteroatoms. The second-order valence-corrected chi connectivity index (χ2v) is 20.2. The summed E-state index contributed by atoms with van der Waals surface area (Å²) in [5.74, 6) is 1.89. The Hall–Kier alpha value is -7.66. The van der Waals surface area contributed by atoms with E-state index in [4.69, 9.17) is 14.1 Å². The second kappa shape index (κ2) is 17.9. The van der Waals surface area contributed by atoms with Crippen LogP contribution in [0.15, 0.2) is 199 Å². The van der Waals surface area contributed by atoms with Crippen molar-refractivity contribution >= 4 is 55.7 Å². The van der Waals surface area contributed by atoms with Gasteiger partial charge in [0, 0.05) is 72.3 Å². The maximum absolute atomic E-state index is 6.95. The van der Waals surface area contributed by atoms with Crippen LogP contribution in [0.25, 0.3) is 72.2 Å². The number of rotatable bonds is 8. The van der Waals surface area contributed by atoms with Gasteiger partial charge in [0.25, 0.3) is 0 Å². The van der Waals surface area contributed by atoms with Crippen molar-refractivity contribution in [3.8, 4) is 50.7 Å². The van der Waals surface area contributed by atoms with Gasteiger partial charge in [-0.3, -0.25) is 0 Å². The fourth-order valence-electron chi connectivity index (χ4n) is 9.78. The van der Waals surface area contributed by atoms with E-state index in [9.17, 15) is 0 Å². The first-order chi connectivity index (χ1) is 34.0. The number of fused-ring (bicyclic) bond motifs is 6. The molecule has 0 bridgehead atoms.